The summed E-state index contributed by atoms with van der Waals surface area (Å²) in [4.78, 5) is 0. The van der Waals surface area contributed by atoms with Crippen molar-refractivity contribution in [3.63, 3.8) is 0 Å². The molecule has 1 aromatic carbocycles. The summed E-state index contributed by atoms with van der Waals surface area (Å²) in [6.07, 6.45) is -1.42. The predicted octanol–water partition coefficient (Wildman–Crippen LogP) is 1.13. The second kappa shape index (κ2) is 5.00. The third-order valence-electron chi connectivity index (χ3n) is 1.78. The van der Waals surface area contributed by atoms with Crippen LogP contribution in [-0.4, -0.2) is 27.9 Å². The van der Waals surface area contributed by atoms with E-state index in [-0.39, 0.29) is 17.1 Å². The smallest absolute Gasteiger partial charge is 0.119 e. The molecule has 0 saturated carbocycles. The topological polar surface area (TPSA) is 72.7 Å². The fraction of sp³-hybridized carbons (Fsp3) is 0.455. The molecule has 0 radical (unpaired) electrons. The number of aliphatic hydroxyl groups excluding tert-OH is 1. The molecule has 0 heterocycles. The van der Waals surface area contributed by atoms with Crippen molar-refractivity contribution in [2.75, 3.05) is 6.54 Å². The highest BCUT2D eigenvalue weighted by Crippen LogP contribution is 2.24. The minimum absolute atomic E-state index is 0.0448. The second-order valence-electron chi connectivity index (χ2n) is 3.05. The first kappa shape index (κ1) is 5.18. The molecule has 1 unspecified atom stereocenters. The van der Waals surface area contributed by atoms with Crippen LogP contribution in [0.1, 0.15) is 35.0 Å². The summed E-state index contributed by atoms with van der Waals surface area (Å²) in [5, 5.41) is 30.6. The molecule has 0 spiro atoms. The minimum Gasteiger partial charge on any atom is -0.508 e. The SMILES string of the molecule is [2H]C([2H])([2H])C([2H])(NCC(O)c1cc(O)cc(O)c1)C([2H])([2H])[2H]. The molecule has 0 fully saturated rings. The molecule has 0 saturated heterocycles. The van der Waals surface area contributed by atoms with Gasteiger partial charge >= 0.3 is 0 Å². The van der Waals surface area contributed by atoms with Gasteiger partial charge in [-0.1, -0.05) is 13.7 Å². The standard InChI is InChI=1S/C11H17NO3/c1-7(2)12-6-11(15)8-3-9(13)5-10(14)4-8/h3-5,7,11-15H,6H2,1-2H3/i1D3,2D3,7D. The van der Waals surface area contributed by atoms with E-state index in [1.54, 1.807) is 0 Å². The highest BCUT2D eigenvalue weighted by molar-refractivity contribution is 5.37. The molecule has 84 valence electrons. The van der Waals surface area contributed by atoms with Crippen LogP contribution in [0.15, 0.2) is 18.2 Å². The van der Waals surface area contributed by atoms with Gasteiger partial charge in [-0.05, 0) is 17.7 Å². The van der Waals surface area contributed by atoms with Crippen LogP contribution in [0.4, 0.5) is 0 Å². The van der Waals surface area contributed by atoms with Crippen LogP contribution < -0.4 is 5.32 Å². The van der Waals surface area contributed by atoms with Gasteiger partial charge in [-0.15, -0.1) is 0 Å². The summed E-state index contributed by atoms with van der Waals surface area (Å²) in [6.45, 7) is -6.87. The summed E-state index contributed by atoms with van der Waals surface area (Å²) >= 11 is 0. The van der Waals surface area contributed by atoms with Crippen molar-refractivity contribution in [1.29, 1.82) is 0 Å². The van der Waals surface area contributed by atoms with E-state index in [2.05, 4.69) is 0 Å². The van der Waals surface area contributed by atoms with E-state index in [1.807, 2.05) is 5.32 Å². The van der Waals surface area contributed by atoms with E-state index in [9.17, 15) is 15.3 Å². The molecular weight excluding hydrogens is 194 g/mol. The highest BCUT2D eigenvalue weighted by atomic mass is 16.3. The van der Waals surface area contributed by atoms with Crippen LogP contribution in [0.2, 0.25) is 0 Å². The summed E-state index contributed by atoms with van der Waals surface area (Å²) in [5.74, 6) is -0.643. The number of phenols is 2. The largest absolute Gasteiger partial charge is 0.508 e. The Morgan fingerprint density at radius 1 is 1.33 bits per heavy atom. The van der Waals surface area contributed by atoms with Gasteiger partial charge < -0.3 is 20.6 Å². The monoisotopic (exact) mass is 218 g/mol. The summed E-state index contributed by atoms with van der Waals surface area (Å²) in [6, 6.07) is 0.327. The third kappa shape index (κ3) is 3.77. The van der Waals surface area contributed by atoms with Crippen molar-refractivity contribution < 1.29 is 24.9 Å². The van der Waals surface area contributed by atoms with Gasteiger partial charge in [0.05, 0.1) is 6.10 Å². The molecule has 4 nitrogen and oxygen atoms in total. The summed E-state index contributed by atoms with van der Waals surface area (Å²) in [5.41, 5.74) is 0.0448. The number of rotatable bonds is 4. The van der Waals surface area contributed by atoms with Gasteiger partial charge in [-0.25, -0.2) is 0 Å². The molecule has 0 bridgehead atoms. The number of benzene rings is 1. The number of hydrogen-bond donors (Lipinski definition) is 4. The van der Waals surface area contributed by atoms with Gasteiger partial charge in [-0.2, -0.15) is 0 Å². The van der Waals surface area contributed by atoms with Crippen molar-refractivity contribution >= 4 is 0 Å². The second-order valence-corrected chi connectivity index (χ2v) is 3.05. The molecule has 0 aliphatic rings. The van der Waals surface area contributed by atoms with Gasteiger partial charge in [0.1, 0.15) is 11.5 Å². The van der Waals surface area contributed by atoms with Crippen LogP contribution >= 0.6 is 0 Å². The van der Waals surface area contributed by atoms with Crippen molar-refractivity contribution in [3.8, 4) is 11.5 Å². The molecule has 4 heteroatoms. The Bertz CT molecular complexity index is 495. The zero-order chi connectivity index (χ0) is 17.3. The van der Waals surface area contributed by atoms with Crippen LogP contribution in [-0.2, 0) is 0 Å². The first-order chi connectivity index (χ1) is 9.78. The summed E-state index contributed by atoms with van der Waals surface area (Å²) < 4.78 is 51.0. The minimum atomic E-state index is -3.15. The normalized spacial score (nSPS) is 22.3. The Kier molecular flexibility index (Phi) is 1.73. The molecule has 4 N–H and O–H groups in total. The average molecular weight is 218 g/mol. The number of phenolic OH excluding ortho intramolecular Hbond substituents is 2. The van der Waals surface area contributed by atoms with Gasteiger partial charge in [-0.3, -0.25) is 0 Å². The first-order valence-electron chi connectivity index (χ1n) is 7.74. The molecule has 1 atom stereocenters. The molecule has 1 aromatic rings. The fourth-order valence-electron chi connectivity index (χ4n) is 1.13. The Morgan fingerprint density at radius 2 is 1.93 bits per heavy atom. The van der Waals surface area contributed by atoms with Crippen LogP contribution in [0.3, 0.4) is 0 Å². The maximum atomic E-state index is 9.93. The quantitative estimate of drug-likeness (QED) is 0.611. The van der Waals surface area contributed by atoms with E-state index in [0.717, 1.165) is 18.2 Å². The molecule has 0 aliphatic heterocycles. The molecular formula is C11H17NO3. The van der Waals surface area contributed by atoms with Gasteiger partial charge in [0.15, 0.2) is 0 Å². The predicted molar refractivity (Wildman–Crippen MR) is 57.9 cm³/mol. The zero-order valence-electron chi connectivity index (χ0n) is 14.9. The van der Waals surface area contributed by atoms with E-state index in [0.29, 0.717) is 0 Å². The zero-order valence-corrected chi connectivity index (χ0v) is 7.86. The Morgan fingerprint density at radius 3 is 2.47 bits per heavy atom. The van der Waals surface area contributed by atoms with Crippen molar-refractivity contribution in [2.24, 2.45) is 0 Å². The average Bonchev–Trinajstić information content (AvgIpc) is 2.31. The van der Waals surface area contributed by atoms with Gasteiger partial charge in [0.25, 0.3) is 0 Å². The number of aromatic hydroxyl groups is 2. The van der Waals surface area contributed by atoms with E-state index >= 15 is 0 Å². The van der Waals surface area contributed by atoms with Crippen molar-refractivity contribution in [1.82, 2.24) is 5.32 Å². The number of nitrogens with one attached hydrogen (secondary N) is 1. The lowest BCUT2D eigenvalue weighted by atomic mass is 10.1. The Balaban J connectivity index is 2.94. The van der Waals surface area contributed by atoms with Crippen molar-refractivity contribution in [3.05, 3.63) is 23.8 Å². The van der Waals surface area contributed by atoms with Crippen LogP contribution in [0.5, 0.6) is 11.5 Å². The molecule has 0 aliphatic carbocycles. The summed E-state index contributed by atoms with van der Waals surface area (Å²) in [7, 11) is 0. The molecule has 0 amide bonds. The molecule has 1 rings (SSSR count). The maximum absolute atomic E-state index is 9.93. The van der Waals surface area contributed by atoms with E-state index in [4.69, 9.17) is 9.60 Å². The van der Waals surface area contributed by atoms with E-state index < -0.39 is 32.4 Å². The van der Waals surface area contributed by atoms with Crippen LogP contribution in [0.25, 0.3) is 0 Å². The lowest BCUT2D eigenvalue weighted by Crippen LogP contribution is -2.27. The molecule has 0 aromatic heterocycles. The van der Waals surface area contributed by atoms with Crippen molar-refractivity contribution in [2.45, 2.75) is 25.8 Å². The fourth-order valence-corrected chi connectivity index (χ4v) is 1.13. The lowest BCUT2D eigenvalue weighted by molar-refractivity contribution is 0.171. The lowest BCUT2D eigenvalue weighted by Gasteiger charge is -2.14. The first-order valence-corrected chi connectivity index (χ1v) is 4.24. The highest BCUT2D eigenvalue weighted by Gasteiger charge is 2.10. The van der Waals surface area contributed by atoms with Gasteiger partial charge in [0.2, 0.25) is 0 Å². The van der Waals surface area contributed by atoms with Gasteiger partial charge in [0, 0.05) is 28.2 Å². The number of aliphatic hydroxyl groups is 1. The maximum Gasteiger partial charge on any atom is 0.119 e. The number of hydrogen-bond acceptors (Lipinski definition) is 4. The third-order valence-corrected chi connectivity index (χ3v) is 1.78. The Labute approximate surface area is 99.0 Å². The molecule has 15 heavy (non-hydrogen) atoms. The Hall–Kier alpha value is -1.26. The van der Waals surface area contributed by atoms with E-state index in [1.165, 1.54) is 0 Å². The van der Waals surface area contributed by atoms with Crippen LogP contribution in [0, 0.1) is 0 Å².